The number of fused-ring (bicyclic) bond motifs is 1. The number of aromatic nitrogens is 1. The molecule has 1 aliphatic rings. The summed E-state index contributed by atoms with van der Waals surface area (Å²) in [6.45, 7) is 0. The lowest BCUT2D eigenvalue weighted by Crippen LogP contribution is -1.98. The molecule has 0 aliphatic heterocycles. The van der Waals surface area contributed by atoms with Gasteiger partial charge in [-0.3, -0.25) is 4.98 Å². The average Bonchev–Trinajstić information content (AvgIpc) is 2.39. The summed E-state index contributed by atoms with van der Waals surface area (Å²) >= 11 is 0. The quantitative estimate of drug-likeness (QED) is 0.692. The summed E-state index contributed by atoms with van der Waals surface area (Å²) in [7, 11) is 0. The lowest BCUT2D eigenvalue weighted by molar-refractivity contribution is 0.859. The second-order valence-corrected chi connectivity index (χ2v) is 4.08. The lowest BCUT2D eigenvalue weighted by Gasteiger charge is -2.15. The molecule has 3 rings (SSSR count). The Balaban J connectivity index is 2.16. The molecule has 0 saturated heterocycles. The number of nitrogens with zero attached hydrogens (tertiary/aromatic N) is 1. The van der Waals surface area contributed by atoms with Gasteiger partial charge >= 0.3 is 0 Å². The van der Waals surface area contributed by atoms with E-state index in [2.05, 4.69) is 53.6 Å². The second kappa shape index (κ2) is 3.93. The maximum absolute atomic E-state index is 4.50. The summed E-state index contributed by atoms with van der Waals surface area (Å²) in [5, 5.41) is 1.22. The van der Waals surface area contributed by atoms with Gasteiger partial charge in [-0.1, -0.05) is 48.6 Å². The van der Waals surface area contributed by atoms with Gasteiger partial charge in [0.2, 0.25) is 0 Å². The van der Waals surface area contributed by atoms with E-state index in [1.807, 2.05) is 12.3 Å². The molecule has 2 aromatic rings. The van der Waals surface area contributed by atoms with Crippen LogP contribution in [0.25, 0.3) is 10.9 Å². The van der Waals surface area contributed by atoms with E-state index in [0.717, 1.165) is 11.9 Å². The summed E-state index contributed by atoms with van der Waals surface area (Å²) < 4.78 is 0. The van der Waals surface area contributed by atoms with Crippen molar-refractivity contribution in [3.05, 3.63) is 66.4 Å². The molecule has 1 unspecified atom stereocenters. The van der Waals surface area contributed by atoms with E-state index >= 15 is 0 Å². The van der Waals surface area contributed by atoms with E-state index in [0.29, 0.717) is 5.92 Å². The van der Waals surface area contributed by atoms with E-state index in [4.69, 9.17) is 0 Å². The molecule has 1 aromatic heterocycles. The summed E-state index contributed by atoms with van der Waals surface area (Å²) in [6, 6.07) is 10.5. The van der Waals surface area contributed by atoms with Gasteiger partial charge in [0.05, 0.1) is 5.52 Å². The molecule has 0 radical (unpaired) electrons. The molecular formula is C15H13N. The fourth-order valence-corrected chi connectivity index (χ4v) is 2.24. The zero-order valence-corrected chi connectivity index (χ0v) is 9.01. The average molecular weight is 207 g/mol. The minimum atomic E-state index is 0.476. The number of pyridine rings is 1. The Bertz CT molecular complexity index is 561. The van der Waals surface area contributed by atoms with Crippen molar-refractivity contribution in [3.8, 4) is 0 Å². The fraction of sp³-hybridized carbons (Fsp3) is 0.133. The van der Waals surface area contributed by atoms with Crippen LogP contribution in [0.15, 0.2) is 60.8 Å². The van der Waals surface area contributed by atoms with Gasteiger partial charge in [-0.05, 0) is 18.1 Å². The number of hydrogen-bond donors (Lipinski definition) is 0. The van der Waals surface area contributed by atoms with E-state index in [9.17, 15) is 0 Å². The maximum atomic E-state index is 4.50. The normalized spacial score (nSPS) is 19.1. The van der Waals surface area contributed by atoms with Gasteiger partial charge in [0.1, 0.15) is 0 Å². The molecule has 1 heterocycles. The zero-order valence-electron chi connectivity index (χ0n) is 9.01. The molecule has 1 atom stereocenters. The first-order valence-corrected chi connectivity index (χ1v) is 5.62. The van der Waals surface area contributed by atoms with Crippen molar-refractivity contribution in [2.75, 3.05) is 0 Å². The Morgan fingerprint density at radius 1 is 1.06 bits per heavy atom. The molecule has 0 fully saturated rings. The summed E-state index contributed by atoms with van der Waals surface area (Å²) in [6.07, 6.45) is 11.6. The Labute approximate surface area is 95.1 Å². The van der Waals surface area contributed by atoms with Crippen molar-refractivity contribution in [3.63, 3.8) is 0 Å². The van der Waals surface area contributed by atoms with Gasteiger partial charge in [-0.2, -0.15) is 0 Å². The van der Waals surface area contributed by atoms with Gasteiger partial charge in [-0.25, -0.2) is 0 Å². The largest absolute Gasteiger partial charge is 0.256 e. The highest BCUT2D eigenvalue weighted by molar-refractivity contribution is 5.82. The summed E-state index contributed by atoms with van der Waals surface area (Å²) in [5.41, 5.74) is 2.47. The first kappa shape index (κ1) is 9.34. The van der Waals surface area contributed by atoms with Crippen molar-refractivity contribution >= 4 is 10.9 Å². The first-order valence-electron chi connectivity index (χ1n) is 5.62. The van der Waals surface area contributed by atoms with Gasteiger partial charge < -0.3 is 0 Å². The van der Waals surface area contributed by atoms with Crippen LogP contribution in [0.2, 0.25) is 0 Å². The van der Waals surface area contributed by atoms with E-state index < -0.39 is 0 Å². The minimum absolute atomic E-state index is 0.476. The molecule has 0 N–H and O–H groups in total. The number of allylic oxidation sites excluding steroid dienone is 4. The smallest absolute Gasteiger partial charge is 0.0740 e. The third-order valence-electron chi connectivity index (χ3n) is 3.04. The van der Waals surface area contributed by atoms with Crippen LogP contribution in [0.1, 0.15) is 17.9 Å². The highest BCUT2D eigenvalue weighted by Gasteiger charge is 2.11. The molecule has 1 nitrogen and oxygen atoms in total. The van der Waals surface area contributed by atoms with Crippen LogP contribution in [-0.4, -0.2) is 4.98 Å². The third kappa shape index (κ3) is 1.54. The van der Waals surface area contributed by atoms with Gasteiger partial charge in [0, 0.05) is 17.5 Å². The highest BCUT2D eigenvalue weighted by Crippen LogP contribution is 2.29. The molecule has 0 saturated carbocycles. The summed E-state index contributed by atoms with van der Waals surface area (Å²) in [5.74, 6) is 0.476. The zero-order chi connectivity index (χ0) is 10.8. The van der Waals surface area contributed by atoms with Crippen molar-refractivity contribution in [1.29, 1.82) is 0 Å². The predicted molar refractivity (Wildman–Crippen MR) is 67.4 cm³/mol. The predicted octanol–water partition coefficient (Wildman–Crippen LogP) is 3.83. The SMILES string of the molecule is C1=CCC(c2cccc3cccnc23)C=C1. The van der Waals surface area contributed by atoms with E-state index in [1.165, 1.54) is 10.9 Å². The molecule has 78 valence electrons. The number of rotatable bonds is 1. The molecule has 0 spiro atoms. The lowest BCUT2D eigenvalue weighted by atomic mass is 9.91. The molecular weight excluding hydrogens is 194 g/mol. The van der Waals surface area contributed by atoms with Gasteiger partial charge in [0.25, 0.3) is 0 Å². The van der Waals surface area contributed by atoms with Crippen molar-refractivity contribution in [1.82, 2.24) is 4.98 Å². The topological polar surface area (TPSA) is 12.9 Å². The van der Waals surface area contributed by atoms with Gasteiger partial charge in [0.15, 0.2) is 0 Å². The van der Waals surface area contributed by atoms with Crippen molar-refractivity contribution < 1.29 is 0 Å². The molecule has 1 heteroatoms. The van der Waals surface area contributed by atoms with Crippen LogP contribution in [0.3, 0.4) is 0 Å². The van der Waals surface area contributed by atoms with Gasteiger partial charge in [-0.15, -0.1) is 0 Å². The molecule has 0 amide bonds. The minimum Gasteiger partial charge on any atom is -0.256 e. The maximum Gasteiger partial charge on any atom is 0.0740 e. The van der Waals surface area contributed by atoms with Crippen LogP contribution in [0.5, 0.6) is 0 Å². The summed E-state index contributed by atoms with van der Waals surface area (Å²) in [4.78, 5) is 4.50. The van der Waals surface area contributed by atoms with Crippen LogP contribution in [0, 0.1) is 0 Å². The third-order valence-corrected chi connectivity index (χ3v) is 3.04. The molecule has 0 bridgehead atoms. The van der Waals surface area contributed by atoms with Crippen LogP contribution in [-0.2, 0) is 0 Å². The Morgan fingerprint density at radius 3 is 2.88 bits per heavy atom. The Kier molecular flexibility index (Phi) is 2.30. The monoisotopic (exact) mass is 207 g/mol. The standard InChI is InChI=1S/C15H13N/c1-2-6-12(7-3-1)14-10-4-8-13-9-5-11-16-15(13)14/h1-6,8-12H,7H2. The Morgan fingerprint density at radius 2 is 2.00 bits per heavy atom. The highest BCUT2D eigenvalue weighted by atomic mass is 14.6. The first-order chi connectivity index (χ1) is 7.95. The van der Waals surface area contributed by atoms with Crippen LogP contribution in [0.4, 0.5) is 0 Å². The second-order valence-electron chi connectivity index (χ2n) is 4.08. The van der Waals surface area contributed by atoms with Crippen LogP contribution < -0.4 is 0 Å². The van der Waals surface area contributed by atoms with E-state index in [1.54, 1.807) is 0 Å². The van der Waals surface area contributed by atoms with E-state index in [-0.39, 0.29) is 0 Å². The number of benzene rings is 1. The molecule has 1 aliphatic carbocycles. The fourth-order valence-electron chi connectivity index (χ4n) is 2.24. The van der Waals surface area contributed by atoms with Crippen molar-refractivity contribution in [2.24, 2.45) is 0 Å². The van der Waals surface area contributed by atoms with Crippen LogP contribution >= 0.6 is 0 Å². The molecule has 1 aromatic carbocycles. The number of hydrogen-bond acceptors (Lipinski definition) is 1. The number of para-hydroxylation sites is 1. The molecule has 16 heavy (non-hydrogen) atoms. The Hall–Kier alpha value is -1.89. The van der Waals surface area contributed by atoms with Crippen molar-refractivity contribution in [2.45, 2.75) is 12.3 Å².